The fourth-order valence-corrected chi connectivity index (χ4v) is 5.26. The van der Waals surface area contributed by atoms with Crippen LogP contribution >= 0.6 is 0 Å². The van der Waals surface area contributed by atoms with E-state index in [-0.39, 0.29) is 5.91 Å². The second-order valence-corrected chi connectivity index (χ2v) is 9.76. The first kappa shape index (κ1) is 25.9. The normalized spacial score (nSPS) is 14.4. The highest BCUT2D eigenvalue weighted by molar-refractivity contribution is 5.98. The Morgan fingerprint density at radius 2 is 1.76 bits per heavy atom. The Morgan fingerprint density at radius 1 is 0.974 bits per heavy atom. The van der Waals surface area contributed by atoms with Gasteiger partial charge < -0.3 is 19.5 Å². The lowest BCUT2D eigenvalue weighted by Gasteiger charge is -2.35. The van der Waals surface area contributed by atoms with Gasteiger partial charge in [-0.3, -0.25) is 9.69 Å². The van der Waals surface area contributed by atoms with E-state index in [1.807, 2.05) is 59.8 Å². The fraction of sp³-hybridized carbons (Fsp3) is 0.355. The van der Waals surface area contributed by atoms with E-state index in [0.717, 1.165) is 97.0 Å². The summed E-state index contributed by atoms with van der Waals surface area (Å²) in [4.78, 5) is 28.2. The van der Waals surface area contributed by atoms with Crippen molar-refractivity contribution in [3.8, 4) is 28.0 Å². The van der Waals surface area contributed by atoms with Crippen LogP contribution < -0.4 is 4.74 Å². The number of hydrogen-bond acceptors (Lipinski definition) is 5. The van der Waals surface area contributed by atoms with Crippen LogP contribution in [-0.2, 0) is 0 Å². The molecular formula is C31H37N5O2. The largest absolute Gasteiger partial charge is 0.496 e. The third-order valence-corrected chi connectivity index (χ3v) is 7.66. The Balaban J connectivity index is 1.32. The molecule has 0 bridgehead atoms. The Kier molecular flexibility index (Phi) is 8.05. The van der Waals surface area contributed by atoms with Crippen molar-refractivity contribution in [2.75, 3.05) is 59.5 Å². The predicted molar refractivity (Wildman–Crippen MR) is 154 cm³/mol. The zero-order valence-corrected chi connectivity index (χ0v) is 22.6. The lowest BCUT2D eigenvalue weighted by molar-refractivity contribution is 0.0625. The van der Waals surface area contributed by atoms with Crippen molar-refractivity contribution in [2.24, 2.45) is 0 Å². The average molecular weight is 512 g/mol. The molecule has 0 spiro atoms. The van der Waals surface area contributed by atoms with Gasteiger partial charge in [-0.15, -0.1) is 0 Å². The van der Waals surface area contributed by atoms with Gasteiger partial charge >= 0.3 is 0 Å². The van der Waals surface area contributed by atoms with Crippen molar-refractivity contribution in [3.63, 3.8) is 0 Å². The molecule has 38 heavy (non-hydrogen) atoms. The number of nitrogens with zero attached hydrogens (tertiary/aromatic N) is 4. The molecule has 1 amide bonds. The number of fused-ring (bicyclic) bond motifs is 1. The van der Waals surface area contributed by atoms with Crippen molar-refractivity contribution in [1.29, 1.82) is 0 Å². The SMILES string of the molecule is CCN(CC)CCN1CCN(C(=O)c2cccc(-c3cnc4[nH]cc(-c5ccccc5OC)c4c3)c2)CC1. The van der Waals surface area contributed by atoms with E-state index in [4.69, 9.17) is 4.74 Å². The summed E-state index contributed by atoms with van der Waals surface area (Å²) < 4.78 is 5.59. The van der Waals surface area contributed by atoms with Crippen LogP contribution in [0.15, 0.2) is 67.0 Å². The summed E-state index contributed by atoms with van der Waals surface area (Å²) in [6, 6.07) is 18.0. The molecular weight excluding hydrogens is 474 g/mol. The molecule has 0 saturated carbocycles. The maximum atomic E-state index is 13.4. The van der Waals surface area contributed by atoms with E-state index in [9.17, 15) is 4.79 Å². The van der Waals surface area contributed by atoms with E-state index in [0.29, 0.717) is 0 Å². The Labute approximate surface area is 225 Å². The number of H-pyrrole nitrogens is 1. The minimum Gasteiger partial charge on any atom is -0.496 e. The molecule has 2 aromatic heterocycles. The maximum absolute atomic E-state index is 13.4. The Morgan fingerprint density at radius 3 is 2.53 bits per heavy atom. The van der Waals surface area contributed by atoms with Crippen LogP contribution in [0.1, 0.15) is 24.2 Å². The molecule has 0 unspecified atom stereocenters. The molecule has 5 rings (SSSR count). The smallest absolute Gasteiger partial charge is 0.253 e. The predicted octanol–water partition coefficient (Wildman–Crippen LogP) is 5.01. The van der Waals surface area contributed by atoms with Gasteiger partial charge in [-0.05, 0) is 42.9 Å². The van der Waals surface area contributed by atoms with Crippen molar-refractivity contribution in [1.82, 2.24) is 24.7 Å². The first-order valence-corrected chi connectivity index (χ1v) is 13.6. The maximum Gasteiger partial charge on any atom is 0.253 e. The summed E-state index contributed by atoms with van der Waals surface area (Å²) in [5.74, 6) is 0.917. The highest BCUT2D eigenvalue weighted by atomic mass is 16.5. The van der Waals surface area contributed by atoms with Crippen LogP contribution in [0.4, 0.5) is 0 Å². The van der Waals surface area contributed by atoms with Gasteiger partial charge in [-0.2, -0.15) is 0 Å². The first-order valence-electron chi connectivity index (χ1n) is 13.6. The number of benzene rings is 2. The van der Waals surface area contributed by atoms with E-state index >= 15 is 0 Å². The summed E-state index contributed by atoms with van der Waals surface area (Å²) in [5.41, 5.74) is 5.55. The molecule has 4 aromatic rings. The van der Waals surface area contributed by atoms with Crippen LogP contribution in [0, 0.1) is 0 Å². The molecule has 0 atom stereocenters. The number of aromatic nitrogens is 2. The van der Waals surface area contributed by atoms with Crippen molar-refractivity contribution >= 4 is 16.9 Å². The number of ether oxygens (including phenoxy) is 1. The molecule has 0 radical (unpaired) electrons. The van der Waals surface area contributed by atoms with Gasteiger partial charge in [0.15, 0.2) is 0 Å². The van der Waals surface area contributed by atoms with Gasteiger partial charge in [-0.1, -0.05) is 44.2 Å². The summed E-state index contributed by atoms with van der Waals surface area (Å²) in [5, 5.41) is 1.02. The second-order valence-electron chi connectivity index (χ2n) is 9.76. The summed E-state index contributed by atoms with van der Waals surface area (Å²) >= 11 is 0. The number of carbonyl (C=O) groups is 1. The summed E-state index contributed by atoms with van der Waals surface area (Å²) in [7, 11) is 1.69. The van der Waals surface area contributed by atoms with Crippen LogP contribution in [0.2, 0.25) is 0 Å². The minimum atomic E-state index is 0.0978. The standard InChI is InChI=1S/C31H37N5O2/c1-4-34(5-2)13-14-35-15-17-36(18-16-35)31(37)24-10-8-9-23(19-24)25-20-27-28(22-33-30(27)32-21-25)26-11-6-7-12-29(26)38-3/h6-12,19-22H,4-5,13-18H2,1-3H3,(H,32,33). The molecule has 1 aliphatic rings. The quantitative estimate of drug-likeness (QED) is 0.342. The van der Waals surface area contributed by atoms with Gasteiger partial charge in [0.1, 0.15) is 11.4 Å². The van der Waals surface area contributed by atoms with Gasteiger partial charge in [0, 0.05) is 79.3 Å². The van der Waals surface area contributed by atoms with Crippen LogP contribution in [0.5, 0.6) is 5.75 Å². The number of nitrogens with one attached hydrogen (secondary N) is 1. The lowest BCUT2D eigenvalue weighted by atomic mass is 10.00. The minimum absolute atomic E-state index is 0.0978. The molecule has 1 saturated heterocycles. The van der Waals surface area contributed by atoms with E-state index in [2.05, 4.69) is 45.7 Å². The van der Waals surface area contributed by atoms with Crippen LogP contribution in [0.25, 0.3) is 33.3 Å². The van der Waals surface area contributed by atoms with Gasteiger partial charge in [-0.25, -0.2) is 4.98 Å². The van der Waals surface area contributed by atoms with Gasteiger partial charge in [0.05, 0.1) is 7.11 Å². The molecule has 1 fully saturated rings. The van der Waals surface area contributed by atoms with Crippen LogP contribution in [0.3, 0.4) is 0 Å². The number of para-hydroxylation sites is 1. The van der Waals surface area contributed by atoms with Gasteiger partial charge in [0.25, 0.3) is 5.91 Å². The highest BCUT2D eigenvalue weighted by Gasteiger charge is 2.22. The molecule has 0 aliphatic carbocycles. The zero-order chi connectivity index (χ0) is 26.5. The lowest BCUT2D eigenvalue weighted by Crippen LogP contribution is -2.50. The summed E-state index contributed by atoms with van der Waals surface area (Å²) in [6.07, 6.45) is 3.84. The average Bonchev–Trinajstić information content (AvgIpc) is 3.41. The number of amides is 1. The topological polar surface area (TPSA) is 64.7 Å². The Bertz CT molecular complexity index is 1390. The third-order valence-electron chi connectivity index (χ3n) is 7.66. The zero-order valence-electron chi connectivity index (χ0n) is 22.6. The molecule has 7 nitrogen and oxygen atoms in total. The molecule has 7 heteroatoms. The van der Waals surface area contributed by atoms with E-state index in [1.54, 1.807) is 7.11 Å². The second kappa shape index (κ2) is 11.8. The fourth-order valence-electron chi connectivity index (χ4n) is 5.26. The number of piperazine rings is 1. The third kappa shape index (κ3) is 5.44. The number of hydrogen-bond donors (Lipinski definition) is 1. The van der Waals surface area contributed by atoms with Gasteiger partial charge in [0.2, 0.25) is 0 Å². The number of rotatable bonds is 9. The molecule has 2 aromatic carbocycles. The monoisotopic (exact) mass is 511 g/mol. The van der Waals surface area contributed by atoms with E-state index < -0.39 is 0 Å². The van der Waals surface area contributed by atoms with Crippen molar-refractivity contribution in [3.05, 3.63) is 72.6 Å². The molecule has 1 aliphatic heterocycles. The molecule has 3 heterocycles. The molecule has 1 N–H and O–H groups in total. The van der Waals surface area contributed by atoms with Crippen LogP contribution in [-0.4, -0.2) is 90.0 Å². The van der Waals surface area contributed by atoms with Crippen molar-refractivity contribution in [2.45, 2.75) is 13.8 Å². The number of aromatic amines is 1. The Hall–Kier alpha value is -3.68. The van der Waals surface area contributed by atoms with E-state index in [1.165, 1.54) is 0 Å². The highest BCUT2D eigenvalue weighted by Crippen LogP contribution is 2.36. The summed E-state index contributed by atoms with van der Waals surface area (Å²) in [6.45, 7) is 12.1. The molecule has 198 valence electrons. The number of likely N-dealkylation sites (N-methyl/N-ethyl adjacent to an activating group) is 1. The number of carbonyl (C=O) groups excluding carboxylic acids is 1. The number of methoxy groups -OCH3 is 1. The van der Waals surface area contributed by atoms with Crippen molar-refractivity contribution < 1.29 is 9.53 Å². The number of pyridine rings is 1. The first-order chi connectivity index (χ1) is 18.6.